The number of benzene rings is 1. The van der Waals surface area contributed by atoms with Gasteiger partial charge in [0.1, 0.15) is 0 Å². The van der Waals surface area contributed by atoms with Gasteiger partial charge in [0.2, 0.25) is 0 Å². The van der Waals surface area contributed by atoms with Crippen LogP contribution in [-0.2, 0) is 0 Å². The molecule has 0 aromatic heterocycles. The maximum absolute atomic E-state index is 3.87. The Bertz CT molecular complexity index is 382. The average molecular weight is 287 g/mol. The number of hydrogen-bond acceptors (Lipinski definition) is 1. The lowest BCUT2D eigenvalue weighted by atomic mass is 9.78. The molecule has 1 heteroatoms. The zero-order chi connectivity index (χ0) is 15.1. The van der Waals surface area contributed by atoms with Crippen molar-refractivity contribution in [1.82, 2.24) is 5.32 Å². The van der Waals surface area contributed by atoms with E-state index in [9.17, 15) is 0 Å². The molecule has 0 spiro atoms. The van der Waals surface area contributed by atoms with E-state index in [1.807, 2.05) is 0 Å². The van der Waals surface area contributed by atoms with E-state index in [1.165, 1.54) is 44.1 Å². The molecule has 0 heterocycles. The Morgan fingerprint density at radius 1 is 1.14 bits per heavy atom. The van der Waals surface area contributed by atoms with E-state index < -0.39 is 0 Å². The minimum atomic E-state index is 0.642. The highest BCUT2D eigenvalue weighted by molar-refractivity contribution is 5.22. The fourth-order valence-electron chi connectivity index (χ4n) is 3.45. The first-order chi connectivity index (χ1) is 10.3. The highest BCUT2D eigenvalue weighted by Crippen LogP contribution is 2.37. The van der Waals surface area contributed by atoms with Gasteiger partial charge in [0.15, 0.2) is 0 Å². The second-order valence-corrected chi connectivity index (χ2v) is 6.90. The molecule has 1 saturated carbocycles. The number of rotatable bonds is 10. The second kappa shape index (κ2) is 8.58. The minimum absolute atomic E-state index is 0.642. The van der Waals surface area contributed by atoms with Crippen LogP contribution >= 0.6 is 0 Å². The van der Waals surface area contributed by atoms with E-state index in [1.54, 1.807) is 0 Å². The van der Waals surface area contributed by atoms with E-state index in [4.69, 9.17) is 0 Å². The molecular formula is C20H33N. The van der Waals surface area contributed by atoms with Crippen molar-refractivity contribution < 1.29 is 0 Å². The Morgan fingerprint density at radius 2 is 1.86 bits per heavy atom. The molecule has 0 amide bonds. The Morgan fingerprint density at radius 3 is 2.43 bits per heavy atom. The van der Waals surface area contributed by atoms with E-state index >= 15 is 0 Å². The molecule has 3 atom stereocenters. The van der Waals surface area contributed by atoms with Gasteiger partial charge in [-0.1, -0.05) is 70.4 Å². The highest BCUT2D eigenvalue weighted by Gasteiger charge is 2.29. The SMILES string of the molecule is CCCNC(CCC1CC1)C(c1ccccc1)C(C)CC. The Balaban J connectivity index is 2.11. The van der Waals surface area contributed by atoms with Gasteiger partial charge >= 0.3 is 0 Å². The van der Waals surface area contributed by atoms with Crippen LogP contribution in [0.3, 0.4) is 0 Å². The van der Waals surface area contributed by atoms with Crippen molar-refractivity contribution in [3.8, 4) is 0 Å². The largest absolute Gasteiger partial charge is 0.313 e. The molecule has 0 aliphatic heterocycles. The molecule has 1 aromatic carbocycles. The maximum Gasteiger partial charge on any atom is 0.0138 e. The monoisotopic (exact) mass is 287 g/mol. The molecule has 1 fully saturated rings. The minimum Gasteiger partial charge on any atom is -0.313 e. The lowest BCUT2D eigenvalue weighted by molar-refractivity contribution is 0.312. The average Bonchev–Trinajstić information content (AvgIpc) is 3.34. The van der Waals surface area contributed by atoms with Gasteiger partial charge < -0.3 is 5.32 Å². The topological polar surface area (TPSA) is 12.0 Å². The van der Waals surface area contributed by atoms with Gasteiger partial charge in [-0.15, -0.1) is 0 Å². The van der Waals surface area contributed by atoms with Crippen LogP contribution in [0.4, 0.5) is 0 Å². The van der Waals surface area contributed by atoms with Gasteiger partial charge in [0.25, 0.3) is 0 Å². The van der Waals surface area contributed by atoms with Gasteiger partial charge in [-0.05, 0) is 43.2 Å². The third kappa shape index (κ3) is 5.14. The normalized spacial score (nSPS) is 19.2. The summed E-state index contributed by atoms with van der Waals surface area (Å²) in [5.41, 5.74) is 1.52. The molecular weight excluding hydrogens is 254 g/mol. The zero-order valence-electron chi connectivity index (χ0n) is 14.1. The molecule has 2 rings (SSSR count). The van der Waals surface area contributed by atoms with Crippen molar-refractivity contribution >= 4 is 0 Å². The maximum atomic E-state index is 3.87. The molecule has 1 N–H and O–H groups in total. The molecule has 1 aliphatic rings. The van der Waals surface area contributed by atoms with Crippen LogP contribution in [0.15, 0.2) is 30.3 Å². The molecule has 0 radical (unpaired) electrons. The van der Waals surface area contributed by atoms with Crippen molar-refractivity contribution in [1.29, 1.82) is 0 Å². The summed E-state index contributed by atoms with van der Waals surface area (Å²) >= 11 is 0. The van der Waals surface area contributed by atoms with E-state index in [0.29, 0.717) is 12.0 Å². The van der Waals surface area contributed by atoms with Gasteiger partial charge in [0, 0.05) is 12.0 Å². The van der Waals surface area contributed by atoms with Gasteiger partial charge in [0.05, 0.1) is 0 Å². The summed E-state index contributed by atoms with van der Waals surface area (Å²) in [6, 6.07) is 11.8. The summed E-state index contributed by atoms with van der Waals surface area (Å²) in [6.07, 6.45) is 8.19. The number of hydrogen-bond donors (Lipinski definition) is 1. The standard InChI is InChI=1S/C20H33N/c1-4-15-21-19(14-13-17-11-12-17)20(16(3)5-2)18-9-7-6-8-10-18/h6-10,16-17,19-21H,4-5,11-15H2,1-3H3. The zero-order valence-corrected chi connectivity index (χ0v) is 14.1. The Kier molecular flexibility index (Phi) is 6.76. The lowest BCUT2D eigenvalue weighted by Crippen LogP contribution is -2.38. The fraction of sp³-hybridized carbons (Fsp3) is 0.700. The first-order valence-electron chi connectivity index (χ1n) is 9.04. The summed E-state index contributed by atoms with van der Waals surface area (Å²) in [5.74, 6) is 2.42. The van der Waals surface area contributed by atoms with Crippen LogP contribution in [0, 0.1) is 11.8 Å². The van der Waals surface area contributed by atoms with Gasteiger partial charge in [-0.25, -0.2) is 0 Å². The quantitative estimate of drug-likeness (QED) is 0.609. The van der Waals surface area contributed by atoms with Crippen LogP contribution in [0.5, 0.6) is 0 Å². The van der Waals surface area contributed by atoms with Crippen LogP contribution in [0.2, 0.25) is 0 Å². The van der Waals surface area contributed by atoms with Crippen molar-refractivity contribution in [3.05, 3.63) is 35.9 Å². The van der Waals surface area contributed by atoms with Gasteiger partial charge in [-0.2, -0.15) is 0 Å². The Hall–Kier alpha value is -0.820. The summed E-state index contributed by atoms with van der Waals surface area (Å²) in [7, 11) is 0. The summed E-state index contributed by atoms with van der Waals surface area (Å²) in [5, 5.41) is 3.87. The highest BCUT2D eigenvalue weighted by atomic mass is 14.9. The Labute approximate surface area is 131 Å². The van der Waals surface area contributed by atoms with Crippen LogP contribution in [0.1, 0.15) is 70.8 Å². The fourth-order valence-corrected chi connectivity index (χ4v) is 3.45. The molecule has 0 bridgehead atoms. The van der Waals surface area contributed by atoms with Crippen LogP contribution in [-0.4, -0.2) is 12.6 Å². The van der Waals surface area contributed by atoms with E-state index in [-0.39, 0.29) is 0 Å². The van der Waals surface area contributed by atoms with Crippen molar-refractivity contribution in [3.63, 3.8) is 0 Å². The van der Waals surface area contributed by atoms with Gasteiger partial charge in [-0.3, -0.25) is 0 Å². The first-order valence-corrected chi connectivity index (χ1v) is 9.04. The molecule has 1 nitrogen and oxygen atoms in total. The van der Waals surface area contributed by atoms with Crippen molar-refractivity contribution in [2.45, 2.75) is 71.3 Å². The summed E-state index contributed by atoms with van der Waals surface area (Å²) in [6.45, 7) is 8.18. The summed E-state index contributed by atoms with van der Waals surface area (Å²) in [4.78, 5) is 0. The third-order valence-corrected chi connectivity index (χ3v) is 5.11. The van der Waals surface area contributed by atoms with Crippen LogP contribution in [0.25, 0.3) is 0 Å². The summed E-state index contributed by atoms with van der Waals surface area (Å²) < 4.78 is 0. The van der Waals surface area contributed by atoms with Crippen LogP contribution < -0.4 is 5.32 Å². The third-order valence-electron chi connectivity index (χ3n) is 5.11. The lowest BCUT2D eigenvalue weighted by Gasteiger charge is -2.33. The molecule has 1 aromatic rings. The van der Waals surface area contributed by atoms with E-state index in [2.05, 4.69) is 56.4 Å². The smallest absolute Gasteiger partial charge is 0.0138 e. The predicted molar refractivity (Wildman–Crippen MR) is 92.7 cm³/mol. The number of nitrogens with one attached hydrogen (secondary N) is 1. The predicted octanol–water partition coefficient (Wildman–Crippen LogP) is 5.37. The molecule has 0 saturated heterocycles. The molecule has 118 valence electrons. The first kappa shape index (κ1) is 16.5. The molecule has 3 unspecified atom stereocenters. The van der Waals surface area contributed by atoms with Crippen molar-refractivity contribution in [2.24, 2.45) is 11.8 Å². The van der Waals surface area contributed by atoms with Crippen molar-refractivity contribution in [2.75, 3.05) is 6.54 Å². The molecule has 1 aliphatic carbocycles. The van der Waals surface area contributed by atoms with E-state index in [0.717, 1.165) is 18.4 Å². The molecule has 21 heavy (non-hydrogen) atoms. The second-order valence-electron chi connectivity index (χ2n) is 6.90.